The van der Waals surface area contributed by atoms with Crippen molar-refractivity contribution in [3.05, 3.63) is 12.2 Å². The fourth-order valence-electron chi connectivity index (χ4n) is 2.34. The molecule has 7 N–H and O–H groups in total. The molecule has 0 saturated carbocycles. The molecule has 0 aromatic carbocycles. The summed E-state index contributed by atoms with van der Waals surface area (Å²) < 4.78 is 0. The molecule has 2 aliphatic rings. The molecule has 2 unspecified atom stereocenters. The van der Waals surface area contributed by atoms with E-state index in [1.165, 1.54) is 0 Å². The Bertz CT molecular complexity index is 513. The molecule has 1 saturated heterocycles. The minimum Gasteiger partial charge on any atom is -0.395 e. The standard InChI is InChI=1S/C10H13NO9/c12-4-3-11-5(13)7(15)1-2-8(16,17)10(19,20)9(7,18)6(11)14/h1-2,12,15-20H,3-4H2. The average Bonchev–Trinajstić information content (AvgIpc) is 2.50. The van der Waals surface area contributed by atoms with Crippen LogP contribution in [-0.2, 0) is 9.59 Å². The van der Waals surface area contributed by atoms with Crippen molar-refractivity contribution in [2.45, 2.75) is 22.8 Å². The topological polar surface area (TPSA) is 179 Å². The highest BCUT2D eigenvalue weighted by molar-refractivity contribution is 6.15. The van der Waals surface area contributed by atoms with E-state index in [0.717, 1.165) is 0 Å². The van der Waals surface area contributed by atoms with Crippen molar-refractivity contribution >= 4 is 11.8 Å². The number of carbonyl (C=O) groups is 2. The van der Waals surface area contributed by atoms with Gasteiger partial charge in [-0.3, -0.25) is 14.5 Å². The monoisotopic (exact) mass is 291 g/mol. The highest BCUT2D eigenvalue weighted by atomic mass is 16.6. The number of rotatable bonds is 2. The van der Waals surface area contributed by atoms with Crippen LogP contribution in [0.3, 0.4) is 0 Å². The number of fused-ring (bicyclic) bond motifs is 1. The number of likely N-dealkylation sites (tertiary alicyclic amines) is 1. The van der Waals surface area contributed by atoms with Crippen LogP contribution < -0.4 is 0 Å². The first-order valence-electron chi connectivity index (χ1n) is 5.49. The molecule has 0 aromatic heterocycles. The number of amides is 2. The molecule has 10 heteroatoms. The van der Waals surface area contributed by atoms with Crippen LogP contribution in [0.15, 0.2) is 12.2 Å². The third-order valence-corrected chi connectivity index (χ3v) is 3.58. The fourth-order valence-corrected chi connectivity index (χ4v) is 2.34. The Balaban J connectivity index is 2.70. The van der Waals surface area contributed by atoms with Crippen LogP contribution >= 0.6 is 0 Å². The predicted molar refractivity (Wildman–Crippen MR) is 57.2 cm³/mol. The quantitative estimate of drug-likeness (QED) is 0.149. The van der Waals surface area contributed by atoms with E-state index >= 15 is 0 Å². The lowest BCUT2D eigenvalue weighted by atomic mass is 9.70. The number of hydrogen-bond donors (Lipinski definition) is 7. The van der Waals surface area contributed by atoms with Crippen molar-refractivity contribution in [2.24, 2.45) is 0 Å². The van der Waals surface area contributed by atoms with Gasteiger partial charge in [-0.05, 0) is 12.2 Å². The number of aliphatic hydroxyl groups is 7. The summed E-state index contributed by atoms with van der Waals surface area (Å²) in [6.07, 6.45) is 0.643. The van der Waals surface area contributed by atoms with E-state index in [0.29, 0.717) is 6.08 Å². The van der Waals surface area contributed by atoms with Gasteiger partial charge in [0, 0.05) is 0 Å². The summed E-state index contributed by atoms with van der Waals surface area (Å²) in [5, 5.41) is 67.2. The summed E-state index contributed by atoms with van der Waals surface area (Å²) >= 11 is 0. The number of imide groups is 1. The fraction of sp³-hybridized carbons (Fsp3) is 0.600. The SMILES string of the molecule is O=C1N(CCO)C(=O)C2(O)C1(O)C=CC(O)(O)C2(O)O. The Hall–Kier alpha value is -1.40. The van der Waals surface area contributed by atoms with Crippen molar-refractivity contribution in [3.63, 3.8) is 0 Å². The first-order valence-corrected chi connectivity index (χ1v) is 5.49. The summed E-state index contributed by atoms with van der Waals surface area (Å²) in [6.45, 7) is -1.34. The van der Waals surface area contributed by atoms with Crippen LogP contribution in [-0.4, -0.2) is 88.4 Å². The number of β-amino-alcohol motifs (C(OH)–C–C–N with tert-alkyl or cyclic N) is 1. The minimum absolute atomic E-state index is 0.187. The largest absolute Gasteiger partial charge is 0.395 e. The molecule has 0 radical (unpaired) electrons. The second kappa shape index (κ2) is 3.83. The van der Waals surface area contributed by atoms with Gasteiger partial charge in [0.1, 0.15) is 0 Å². The lowest BCUT2D eigenvalue weighted by Crippen LogP contribution is -2.78. The molecule has 10 nitrogen and oxygen atoms in total. The zero-order valence-electron chi connectivity index (χ0n) is 9.96. The highest BCUT2D eigenvalue weighted by Crippen LogP contribution is 2.48. The van der Waals surface area contributed by atoms with Gasteiger partial charge >= 0.3 is 0 Å². The molecular weight excluding hydrogens is 278 g/mol. The van der Waals surface area contributed by atoms with Crippen LogP contribution in [0.1, 0.15) is 0 Å². The lowest BCUT2D eigenvalue weighted by Gasteiger charge is -2.48. The minimum atomic E-state index is -3.96. The van der Waals surface area contributed by atoms with E-state index in [9.17, 15) is 40.2 Å². The van der Waals surface area contributed by atoms with Gasteiger partial charge in [0.2, 0.25) is 17.0 Å². The summed E-state index contributed by atoms with van der Waals surface area (Å²) in [4.78, 5) is 24.1. The Labute approximate surface area is 111 Å². The molecule has 1 aliphatic carbocycles. The smallest absolute Gasteiger partial charge is 0.271 e. The van der Waals surface area contributed by atoms with Gasteiger partial charge in [-0.1, -0.05) is 0 Å². The average molecular weight is 291 g/mol. The molecule has 0 bridgehead atoms. The number of hydrogen-bond acceptors (Lipinski definition) is 9. The van der Waals surface area contributed by atoms with E-state index < -0.39 is 47.7 Å². The molecule has 20 heavy (non-hydrogen) atoms. The second-order valence-corrected chi connectivity index (χ2v) is 4.69. The molecule has 2 atom stereocenters. The van der Waals surface area contributed by atoms with Gasteiger partial charge in [0.25, 0.3) is 17.6 Å². The molecule has 2 amide bonds. The normalized spacial score (nSPS) is 38.2. The second-order valence-electron chi connectivity index (χ2n) is 4.69. The molecule has 0 spiro atoms. The van der Waals surface area contributed by atoms with Crippen molar-refractivity contribution in [1.29, 1.82) is 0 Å². The maximum absolute atomic E-state index is 12.0. The molecule has 1 heterocycles. The molecular formula is C10H13NO9. The third kappa shape index (κ3) is 1.31. The summed E-state index contributed by atoms with van der Waals surface area (Å²) in [5.74, 6) is -10.6. The van der Waals surface area contributed by atoms with Gasteiger partial charge in [-0.2, -0.15) is 0 Å². The van der Waals surface area contributed by atoms with Crippen molar-refractivity contribution in [2.75, 3.05) is 13.2 Å². The molecule has 2 rings (SSSR count). The van der Waals surface area contributed by atoms with Gasteiger partial charge in [0.15, 0.2) is 0 Å². The van der Waals surface area contributed by atoms with E-state index in [2.05, 4.69) is 0 Å². The van der Waals surface area contributed by atoms with Crippen LogP contribution in [0.2, 0.25) is 0 Å². The molecule has 0 aromatic rings. The van der Waals surface area contributed by atoms with Crippen LogP contribution in [0.4, 0.5) is 0 Å². The van der Waals surface area contributed by atoms with Crippen LogP contribution in [0, 0.1) is 0 Å². The van der Waals surface area contributed by atoms with Crippen molar-refractivity contribution < 1.29 is 45.3 Å². The number of aliphatic hydroxyl groups excluding tert-OH is 1. The first-order chi connectivity index (χ1) is 8.97. The van der Waals surface area contributed by atoms with Crippen LogP contribution in [0.5, 0.6) is 0 Å². The zero-order valence-corrected chi connectivity index (χ0v) is 9.96. The highest BCUT2D eigenvalue weighted by Gasteiger charge is 2.82. The Morgan fingerprint density at radius 3 is 2.00 bits per heavy atom. The van der Waals surface area contributed by atoms with Gasteiger partial charge < -0.3 is 35.7 Å². The Morgan fingerprint density at radius 1 is 0.950 bits per heavy atom. The molecule has 112 valence electrons. The molecule has 1 fully saturated rings. The van der Waals surface area contributed by atoms with Gasteiger partial charge in [-0.25, -0.2) is 0 Å². The molecule has 1 aliphatic heterocycles. The van der Waals surface area contributed by atoms with Crippen molar-refractivity contribution in [1.82, 2.24) is 4.90 Å². The van der Waals surface area contributed by atoms with E-state index in [4.69, 9.17) is 5.11 Å². The van der Waals surface area contributed by atoms with E-state index in [1.54, 1.807) is 0 Å². The van der Waals surface area contributed by atoms with Gasteiger partial charge in [-0.15, -0.1) is 0 Å². The number of carbonyl (C=O) groups excluding carboxylic acids is 2. The predicted octanol–water partition coefficient (Wildman–Crippen LogP) is -5.26. The van der Waals surface area contributed by atoms with Gasteiger partial charge in [0.05, 0.1) is 13.2 Å². The van der Waals surface area contributed by atoms with E-state index in [-0.39, 0.29) is 11.0 Å². The zero-order chi connectivity index (χ0) is 15.6. The number of nitrogens with zero attached hydrogens (tertiary/aromatic N) is 1. The summed E-state index contributed by atoms with van der Waals surface area (Å²) in [7, 11) is 0. The Kier molecular flexibility index (Phi) is 2.87. The summed E-state index contributed by atoms with van der Waals surface area (Å²) in [5.41, 5.74) is -6.73. The van der Waals surface area contributed by atoms with Crippen molar-refractivity contribution in [3.8, 4) is 0 Å². The van der Waals surface area contributed by atoms with E-state index in [1.807, 2.05) is 0 Å². The Morgan fingerprint density at radius 2 is 1.50 bits per heavy atom. The van der Waals surface area contributed by atoms with Crippen LogP contribution in [0.25, 0.3) is 0 Å². The lowest BCUT2D eigenvalue weighted by molar-refractivity contribution is -0.400. The first kappa shape index (κ1) is 15.0. The summed E-state index contributed by atoms with van der Waals surface area (Å²) in [6, 6.07) is 0. The third-order valence-electron chi connectivity index (χ3n) is 3.58. The maximum atomic E-state index is 12.0. The maximum Gasteiger partial charge on any atom is 0.271 e.